The highest BCUT2D eigenvalue weighted by atomic mass is 35.5. The van der Waals surface area contributed by atoms with Crippen molar-refractivity contribution in [2.24, 2.45) is 0 Å². The second kappa shape index (κ2) is 9.32. The molecule has 0 spiro atoms. The van der Waals surface area contributed by atoms with Gasteiger partial charge in [0.2, 0.25) is 5.91 Å². The largest absolute Gasteiger partial charge is 0.417 e. The minimum Gasteiger partial charge on any atom is -0.301 e. The predicted molar refractivity (Wildman–Crippen MR) is 116 cm³/mol. The zero-order valence-corrected chi connectivity index (χ0v) is 18.8. The highest BCUT2D eigenvalue weighted by Crippen LogP contribution is 2.35. The van der Waals surface area contributed by atoms with E-state index in [1.165, 1.54) is 11.3 Å². The first-order valence-corrected chi connectivity index (χ1v) is 11.0. The van der Waals surface area contributed by atoms with Crippen LogP contribution in [0.1, 0.15) is 12.5 Å². The van der Waals surface area contributed by atoms with Gasteiger partial charge >= 0.3 is 6.18 Å². The number of carbonyl (C=O) groups is 1. The van der Waals surface area contributed by atoms with Gasteiger partial charge in [-0.05, 0) is 25.1 Å². The summed E-state index contributed by atoms with van der Waals surface area (Å²) in [5.74, 6) is -0.396. The van der Waals surface area contributed by atoms with Crippen molar-refractivity contribution in [3.63, 3.8) is 0 Å². The molecule has 0 aliphatic carbocycles. The molecule has 1 aromatic carbocycles. The Kier molecular flexibility index (Phi) is 7.19. The van der Waals surface area contributed by atoms with Gasteiger partial charge < -0.3 is 5.32 Å². The number of pyridine rings is 1. The normalized spacial score (nSPS) is 12.6. The van der Waals surface area contributed by atoms with Crippen molar-refractivity contribution in [3.8, 4) is 11.3 Å². The Morgan fingerprint density at radius 3 is 2.53 bits per heavy atom. The van der Waals surface area contributed by atoms with Crippen LogP contribution in [-0.2, 0) is 11.0 Å². The number of hydrogen-bond donors (Lipinski definition) is 1. The van der Waals surface area contributed by atoms with Gasteiger partial charge in [-0.15, -0.1) is 11.3 Å². The molecule has 0 aliphatic heterocycles. The number of thiazole rings is 1. The molecule has 0 aliphatic rings. The summed E-state index contributed by atoms with van der Waals surface area (Å²) < 4.78 is 38.1. The number of benzene rings is 1. The van der Waals surface area contributed by atoms with Crippen LogP contribution in [0.4, 0.5) is 18.3 Å². The molecule has 1 amide bonds. The lowest BCUT2D eigenvalue weighted by atomic mass is 10.2. The number of hydrogen-bond acceptors (Lipinski definition) is 5. The van der Waals surface area contributed by atoms with Gasteiger partial charge in [0.25, 0.3) is 0 Å². The predicted octanol–water partition coefficient (Wildman–Crippen LogP) is 7.30. The van der Waals surface area contributed by atoms with Crippen LogP contribution in [0.25, 0.3) is 11.3 Å². The molecule has 0 radical (unpaired) electrons. The molecule has 30 heavy (non-hydrogen) atoms. The zero-order chi connectivity index (χ0) is 22.1. The Hall–Kier alpha value is -1.52. The fraction of sp³-hybridized carbons (Fsp3) is 0.167. The quantitative estimate of drug-likeness (QED) is 0.364. The molecule has 2 heterocycles. The van der Waals surface area contributed by atoms with Gasteiger partial charge in [-0.1, -0.05) is 52.6 Å². The fourth-order valence-corrected chi connectivity index (χ4v) is 4.32. The summed E-state index contributed by atoms with van der Waals surface area (Å²) in [4.78, 5) is 20.5. The highest BCUT2D eigenvalue weighted by molar-refractivity contribution is 8.00. The molecule has 0 fully saturated rings. The highest BCUT2D eigenvalue weighted by Gasteiger charge is 2.32. The summed E-state index contributed by atoms with van der Waals surface area (Å²) in [6, 6.07) is 5.86. The van der Waals surface area contributed by atoms with Crippen molar-refractivity contribution < 1.29 is 18.0 Å². The number of anilines is 1. The third-order valence-corrected chi connectivity index (χ3v) is 6.76. The van der Waals surface area contributed by atoms with E-state index in [-0.39, 0.29) is 10.0 Å². The lowest BCUT2D eigenvalue weighted by Gasteiger charge is -2.12. The topological polar surface area (TPSA) is 54.9 Å². The van der Waals surface area contributed by atoms with Crippen LogP contribution in [0.2, 0.25) is 15.1 Å². The van der Waals surface area contributed by atoms with Crippen LogP contribution in [-0.4, -0.2) is 21.1 Å². The summed E-state index contributed by atoms with van der Waals surface area (Å²) >= 11 is 20.0. The summed E-state index contributed by atoms with van der Waals surface area (Å²) in [5, 5.41) is 4.87. The minimum atomic E-state index is -4.54. The summed E-state index contributed by atoms with van der Waals surface area (Å²) in [6.07, 6.45) is -3.86. The van der Waals surface area contributed by atoms with E-state index in [1.807, 2.05) is 0 Å². The first-order valence-electron chi connectivity index (χ1n) is 8.16. The van der Waals surface area contributed by atoms with Gasteiger partial charge in [0, 0.05) is 17.1 Å². The van der Waals surface area contributed by atoms with Gasteiger partial charge in [0.15, 0.2) is 5.13 Å². The first-order chi connectivity index (χ1) is 14.0. The number of amides is 1. The number of nitrogens with one attached hydrogen (secondary N) is 1. The van der Waals surface area contributed by atoms with Gasteiger partial charge in [-0.25, -0.2) is 9.97 Å². The summed E-state index contributed by atoms with van der Waals surface area (Å²) in [7, 11) is 0. The van der Waals surface area contributed by atoms with E-state index < -0.39 is 22.9 Å². The van der Waals surface area contributed by atoms with Crippen LogP contribution >= 0.6 is 57.9 Å². The maximum absolute atomic E-state index is 12.7. The molecule has 1 N–H and O–H groups in total. The minimum absolute atomic E-state index is 0.128. The van der Waals surface area contributed by atoms with Crippen molar-refractivity contribution in [2.45, 2.75) is 23.4 Å². The molecule has 0 saturated heterocycles. The molecular weight excluding hydrogens is 502 g/mol. The molecule has 3 aromatic rings. The number of rotatable bonds is 5. The van der Waals surface area contributed by atoms with Crippen LogP contribution in [0.5, 0.6) is 0 Å². The Bertz CT molecular complexity index is 1090. The van der Waals surface area contributed by atoms with Gasteiger partial charge in [-0.2, -0.15) is 13.2 Å². The molecule has 4 nitrogen and oxygen atoms in total. The van der Waals surface area contributed by atoms with Crippen LogP contribution in [0.3, 0.4) is 0 Å². The zero-order valence-electron chi connectivity index (χ0n) is 14.9. The van der Waals surface area contributed by atoms with Crippen molar-refractivity contribution in [1.82, 2.24) is 9.97 Å². The van der Waals surface area contributed by atoms with E-state index >= 15 is 0 Å². The van der Waals surface area contributed by atoms with E-state index in [0.717, 1.165) is 23.4 Å². The molecule has 0 saturated carbocycles. The van der Waals surface area contributed by atoms with Crippen molar-refractivity contribution in [3.05, 3.63) is 56.5 Å². The Labute approximate surface area is 192 Å². The summed E-state index contributed by atoms with van der Waals surface area (Å²) in [6.45, 7) is 1.59. The van der Waals surface area contributed by atoms with Gasteiger partial charge in [-0.3, -0.25) is 4.79 Å². The van der Waals surface area contributed by atoms with Gasteiger partial charge in [0.1, 0.15) is 5.03 Å². The second-order valence-corrected chi connectivity index (χ2v) is 9.33. The van der Waals surface area contributed by atoms with Crippen molar-refractivity contribution in [2.75, 3.05) is 5.32 Å². The second-order valence-electron chi connectivity index (χ2n) is 5.92. The number of alkyl halides is 3. The standard InChI is InChI=1S/C18H11Cl3F3N3OS2/c1-8(30-16-13(21)5-10(6-25-16)18(22,23)24)15(28)27-17-26-14(7-29-17)9-2-3-11(19)12(20)4-9/h2-8H,1H3,(H,26,27,28)/t8-/m0/s1. The molecule has 3 rings (SSSR count). The molecule has 0 unspecified atom stereocenters. The summed E-state index contributed by atoms with van der Waals surface area (Å²) in [5.41, 5.74) is 0.400. The van der Waals surface area contributed by atoms with Crippen LogP contribution in [0.15, 0.2) is 40.9 Å². The molecular formula is C18H11Cl3F3N3OS2. The number of thioether (sulfide) groups is 1. The van der Waals surface area contributed by atoms with E-state index in [1.54, 1.807) is 30.5 Å². The van der Waals surface area contributed by atoms with E-state index in [0.29, 0.717) is 27.1 Å². The first kappa shape index (κ1) is 23.1. The van der Waals surface area contributed by atoms with Crippen molar-refractivity contribution in [1.29, 1.82) is 0 Å². The number of aromatic nitrogens is 2. The number of carbonyl (C=O) groups excluding carboxylic acids is 1. The lowest BCUT2D eigenvalue weighted by Crippen LogP contribution is -2.22. The maximum atomic E-state index is 12.7. The maximum Gasteiger partial charge on any atom is 0.417 e. The lowest BCUT2D eigenvalue weighted by molar-refractivity contribution is -0.137. The molecule has 0 bridgehead atoms. The SMILES string of the molecule is C[C@H](Sc1ncc(C(F)(F)F)cc1Cl)C(=O)Nc1nc(-c2ccc(Cl)c(Cl)c2)cs1. The average molecular weight is 513 g/mol. The Morgan fingerprint density at radius 2 is 1.90 bits per heavy atom. The van der Waals surface area contributed by atoms with Crippen LogP contribution in [0, 0.1) is 0 Å². The van der Waals surface area contributed by atoms with Crippen LogP contribution < -0.4 is 5.32 Å². The molecule has 12 heteroatoms. The Balaban J connectivity index is 1.66. The van der Waals surface area contributed by atoms with Gasteiger partial charge in [0.05, 0.1) is 31.6 Å². The number of halogens is 6. The number of nitrogens with zero attached hydrogens (tertiary/aromatic N) is 2. The molecule has 2 aromatic heterocycles. The van der Waals surface area contributed by atoms with E-state index in [2.05, 4.69) is 15.3 Å². The molecule has 158 valence electrons. The van der Waals surface area contributed by atoms with E-state index in [4.69, 9.17) is 34.8 Å². The Morgan fingerprint density at radius 1 is 1.17 bits per heavy atom. The third kappa shape index (κ3) is 5.59. The average Bonchev–Trinajstić information content (AvgIpc) is 3.13. The third-order valence-electron chi connectivity index (χ3n) is 3.74. The smallest absolute Gasteiger partial charge is 0.301 e. The monoisotopic (exact) mass is 511 g/mol. The fourth-order valence-electron chi connectivity index (χ4n) is 2.21. The van der Waals surface area contributed by atoms with E-state index in [9.17, 15) is 18.0 Å². The van der Waals surface area contributed by atoms with Crippen molar-refractivity contribution >= 4 is 68.9 Å². The molecule has 1 atom stereocenters.